The topological polar surface area (TPSA) is 96.5 Å². The normalized spacial score (nSPS) is 16.2. The summed E-state index contributed by atoms with van der Waals surface area (Å²) in [6.45, 7) is 10.7. The minimum Gasteiger partial charge on any atom is -0.497 e. The van der Waals surface area contributed by atoms with Gasteiger partial charge in [-0.3, -0.25) is 9.89 Å². The van der Waals surface area contributed by atoms with Crippen molar-refractivity contribution in [2.75, 3.05) is 60.1 Å². The molecule has 0 aromatic heterocycles. The second-order valence-corrected chi connectivity index (χ2v) is 8.60. The Labute approximate surface area is 191 Å². The summed E-state index contributed by atoms with van der Waals surface area (Å²) < 4.78 is 16.1. The number of carbonyl (C=O) groups is 1. The van der Waals surface area contributed by atoms with Crippen molar-refractivity contribution < 1.29 is 19.0 Å². The first-order valence-corrected chi connectivity index (χ1v) is 11.2. The van der Waals surface area contributed by atoms with Crippen LogP contribution in [-0.4, -0.2) is 82.6 Å². The zero-order valence-electron chi connectivity index (χ0n) is 20.1. The van der Waals surface area contributed by atoms with Crippen molar-refractivity contribution in [1.82, 2.24) is 20.9 Å². The number of nitrogens with zero attached hydrogens (tertiary/aromatic N) is 2. The van der Waals surface area contributed by atoms with Gasteiger partial charge in [-0.25, -0.2) is 4.79 Å². The number of alkyl carbamates (subject to hydrolysis) is 1. The Morgan fingerprint density at radius 2 is 1.78 bits per heavy atom. The van der Waals surface area contributed by atoms with Crippen LogP contribution in [0, 0.1) is 0 Å². The molecule has 1 aromatic carbocycles. The van der Waals surface area contributed by atoms with Crippen molar-refractivity contribution in [3.05, 3.63) is 29.8 Å². The van der Waals surface area contributed by atoms with Crippen molar-refractivity contribution in [2.45, 2.75) is 38.8 Å². The van der Waals surface area contributed by atoms with E-state index < -0.39 is 11.7 Å². The van der Waals surface area contributed by atoms with Crippen LogP contribution >= 0.6 is 0 Å². The van der Waals surface area contributed by atoms with Crippen LogP contribution in [0.25, 0.3) is 0 Å². The van der Waals surface area contributed by atoms with Gasteiger partial charge in [-0.2, -0.15) is 0 Å². The second kappa shape index (κ2) is 13.1. The highest BCUT2D eigenvalue weighted by Crippen LogP contribution is 2.23. The van der Waals surface area contributed by atoms with E-state index in [1.165, 1.54) is 5.56 Å². The summed E-state index contributed by atoms with van der Waals surface area (Å²) >= 11 is 0. The molecule has 1 heterocycles. The average molecular weight is 450 g/mol. The number of nitrogens with one attached hydrogen (secondary N) is 3. The molecule has 0 spiro atoms. The third-order valence-electron chi connectivity index (χ3n) is 4.99. The molecule has 0 radical (unpaired) electrons. The predicted octanol–water partition coefficient (Wildman–Crippen LogP) is 2.15. The standard InChI is InChI=1S/C23H39N5O4/c1-23(2,3)32-22(29)26-12-6-11-25-21(24-4)27-17-20(28-13-15-31-16-14-28)18-7-9-19(30-5)10-8-18/h7-10,20H,6,11-17H2,1-5H3,(H,26,29)(H2,24,25,27). The molecule has 1 aliphatic heterocycles. The highest BCUT2D eigenvalue weighted by molar-refractivity contribution is 5.79. The summed E-state index contributed by atoms with van der Waals surface area (Å²) in [4.78, 5) is 18.5. The number of ether oxygens (including phenoxy) is 3. The van der Waals surface area contributed by atoms with Crippen molar-refractivity contribution in [3.63, 3.8) is 0 Å². The lowest BCUT2D eigenvalue weighted by Crippen LogP contribution is -2.46. The summed E-state index contributed by atoms with van der Waals surface area (Å²) in [5.41, 5.74) is 0.729. The van der Waals surface area contributed by atoms with E-state index in [-0.39, 0.29) is 6.04 Å². The molecule has 0 saturated carbocycles. The summed E-state index contributed by atoms with van der Waals surface area (Å²) in [6.07, 6.45) is 0.360. The fourth-order valence-electron chi connectivity index (χ4n) is 3.39. The van der Waals surface area contributed by atoms with E-state index in [9.17, 15) is 4.79 Å². The van der Waals surface area contributed by atoms with Crippen LogP contribution < -0.4 is 20.7 Å². The highest BCUT2D eigenvalue weighted by atomic mass is 16.6. The van der Waals surface area contributed by atoms with Gasteiger partial charge in [0.05, 0.1) is 26.4 Å². The Bertz CT molecular complexity index is 712. The zero-order chi connectivity index (χ0) is 23.4. The molecule has 9 nitrogen and oxygen atoms in total. The van der Waals surface area contributed by atoms with Gasteiger partial charge in [-0.15, -0.1) is 0 Å². The van der Waals surface area contributed by atoms with Crippen molar-refractivity contribution in [1.29, 1.82) is 0 Å². The van der Waals surface area contributed by atoms with Crippen LogP contribution in [0.4, 0.5) is 4.79 Å². The SMILES string of the molecule is CN=C(NCCCNC(=O)OC(C)(C)C)NCC(c1ccc(OC)cc1)N1CCOCC1. The zero-order valence-corrected chi connectivity index (χ0v) is 20.1. The quantitative estimate of drug-likeness (QED) is 0.302. The van der Waals surface area contributed by atoms with Gasteiger partial charge in [-0.1, -0.05) is 12.1 Å². The first-order chi connectivity index (χ1) is 15.3. The van der Waals surface area contributed by atoms with E-state index in [1.807, 2.05) is 32.9 Å². The van der Waals surface area contributed by atoms with Gasteiger partial charge >= 0.3 is 6.09 Å². The molecule has 0 aliphatic carbocycles. The lowest BCUT2D eigenvalue weighted by atomic mass is 10.0. The number of hydrogen-bond acceptors (Lipinski definition) is 6. The van der Waals surface area contributed by atoms with Crippen LogP contribution in [0.1, 0.15) is 38.8 Å². The van der Waals surface area contributed by atoms with E-state index in [2.05, 4.69) is 38.0 Å². The second-order valence-electron chi connectivity index (χ2n) is 8.60. The number of rotatable bonds is 9. The minimum atomic E-state index is -0.491. The molecule has 1 aliphatic rings. The lowest BCUT2D eigenvalue weighted by molar-refractivity contribution is 0.0170. The average Bonchev–Trinajstić information content (AvgIpc) is 2.77. The molecular formula is C23H39N5O4. The monoisotopic (exact) mass is 449 g/mol. The van der Waals surface area contributed by atoms with Gasteiger partial charge in [-0.05, 0) is 44.9 Å². The number of benzene rings is 1. The number of carbonyl (C=O) groups excluding carboxylic acids is 1. The maximum atomic E-state index is 11.7. The predicted molar refractivity (Wildman–Crippen MR) is 126 cm³/mol. The molecule has 32 heavy (non-hydrogen) atoms. The molecule has 1 atom stereocenters. The largest absolute Gasteiger partial charge is 0.497 e. The van der Waals surface area contributed by atoms with Gasteiger partial charge in [0, 0.05) is 39.8 Å². The molecule has 1 fully saturated rings. The lowest BCUT2D eigenvalue weighted by Gasteiger charge is -2.35. The number of aliphatic imine (C=N–C) groups is 1. The highest BCUT2D eigenvalue weighted by Gasteiger charge is 2.23. The third-order valence-corrected chi connectivity index (χ3v) is 4.99. The van der Waals surface area contributed by atoms with Gasteiger partial charge in [0.1, 0.15) is 11.4 Å². The number of methoxy groups -OCH3 is 1. The number of hydrogen-bond donors (Lipinski definition) is 3. The van der Waals surface area contributed by atoms with Crippen molar-refractivity contribution in [3.8, 4) is 5.75 Å². The Balaban J connectivity index is 1.82. The minimum absolute atomic E-state index is 0.192. The Morgan fingerprint density at radius 3 is 2.38 bits per heavy atom. The molecule has 9 heteroatoms. The van der Waals surface area contributed by atoms with Crippen LogP contribution in [0.3, 0.4) is 0 Å². The van der Waals surface area contributed by atoms with Crippen LogP contribution in [-0.2, 0) is 9.47 Å². The van der Waals surface area contributed by atoms with E-state index in [0.717, 1.165) is 44.4 Å². The maximum Gasteiger partial charge on any atom is 0.407 e. The number of morpholine rings is 1. The molecule has 1 unspecified atom stereocenters. The van der Waals surface area contributed by atoms with Crippen molar-refractivity contribution in [2.24, 2.45) is 4.99 Å². The van der Waals surface area contributed by atoms with Gasteiger partial charge in [0.2, 0.25) is 0 Å². The Hall–Kier alpha value is -2.52. The summed E-state index contributed by atoms with van der Waals surface area (Å²) in [5, 5.41) is 9.51. The summed E-state index contributed by atoms with van der Waals surface area (Å²) in [6, 6.07) is 8.40. The molecule has 180 valence electrons. The third kappa shape index (κ3) is 9.32. The van der Waals surface area contributed by atoms with E-state index in [4.69, 9.17) is 14.2 Å². The Morgan fingerprint density at radius 1 is 1.12 bits per heavy atom. The molecule has 3 N–H and O–H groups in total. The van der Waals surface area contributed by atoms with Gasteiger partial charge in [0.25, 0.3) is 0 Å². The maximum absolute atomic E-state index is 11.7. The number of guanidine groups is 1. The fraction of sp³-hybridized carbons (Fsp3) is 0.652. The summed E-state index contributed by atoms with van der Waals surface area (Å²) in [7, 11) is 3.43. The molecule has 1 saturated heterocycles. The molecule has 0 bridgehead atoms. The molecule has 1 aromatic rings. The van der Waals surface area contributed by atoms with Gasteiger partial charge < -0.3 is 30.2 Å². The summed E-state index contributed by atoms with van der Waals surface area (Å²) in [5.74, 6) is 1.58. The van der Waals surface area contributed by atoms with E-state index in [1.54, 1.807) is 14.2 Å². The van der Waals surface area contributed by atoms with Crippen LogP contribution in [0.15, 0.2) is 29.3 Å². The Kier molecular flexibility index (Phi) is 10.6. The molecule has 1 amide bonds. The van der Waals surface area contributed by atoms with E-state index in [0.29, 0.717) is 19.6 Å². The first-order valence-electron chi connectivity index (χ1n) is 11.2. The molecular weight excluding hydrogens is 410 g/mol. The molecule has 2 rings (SSSR count). The smallest absolute Gasteiger partial charge is 0.407 e. The fourth-order valence-corrected chi connectivity index (χ4v) is 3.39. The first kappa shape index (κ1) is 25.7. The van der Waals surface area contributed by atoms with Crippen molar-refractivity contribution >= 4 is 12.1 Å². The van der Waals surface area contributed by atoms with Crippen LogP contribution in [0.5, 0.6) is 5.75 Å². The van der Waals surface area contributed by atoms with E-state index >= 15 is 0 Å². The van der Waals surface area contributed by atoms with Gasteiger partial charge in [0.15, 0.2) is 5.96 Å². The van der Waals surface area contributed by atoms with Crippen LogP contribution in [0.2, 0.25) is 0 Å². The number of amides is 1.